The molecule has 0 saturated carbocycles. The molecule has 2 aromatic carbocycles. The van der Waals surface area contributed by atoms with Gasteiger partial charge in [-0.15, -0.1) is 11.6 Å². The fourth-order valence-corrected chi connectivity index (χ4v) is 3.13. The third-order valence-electron chi connectivity index (χ3n) is 3.04. The first-order chi connectivity index (χ1) is 10.0. The Morgan fingerprint density at radius 2 is 1.95 bits per heavy atom. The van der Waals surface area contributed by atoms with Crippen LogP contribution in [0.2, 0.25) is 0 Å². The van der Waals surface area contributed by atoms with Crippen LogP contribution in [0.25, 0.3) is 16.7 Å². The summed E-state index contributed by atoms with van der Waals surface area (Å²) in [6.07, 6.45) is 0. The van der Waals surface area contributed by atoms with Crippen LogP contribution in [0.3, 0.4) is 0 Å². The first-order valence-electron chi connectivity index (χ1n) is 5.89. The Hall–Kier alpha value is -0.730. The van der Waals surface area contributed by atoms with Crippen LogP contribution in [0.4, 0.5) is 8.78 Å². The summed E-state index contributed by atoms with van der Waals surface area (Å²) in [6.45, 7) is 0. The van der Waals surface area contributed by atoms with Crippen molar-refractivity contribution in [3.05, 3.63) is 55.8 Å². The number of benzene rings is 2. The fourth-order valence-electron chi connectivity index (χ4n) is 2.15. The standard InChI is InChI=1S/C14H7BrClF2IN2/c15-8-4-13(10(18)5-9(8)17)21-12-2-1-7(19)3-11(12)20-14(21)6-16/h1-5H,6H2. The van der Waals surface area contributed by atoms with Gasteiger partial charge in [-0.3, -0.25) is 4.57 Å². The van der Waals surface area contributed by atoms with E-state index < -0.39 is 11.6 Å². The van der Waals surface area contributed by atoms with Gasteiger partial charge in [0.05, 0.1) is 27.1 Å². The van der Waals surface area contributed by atoms with Crippen LogP contribution < -0.4 is 0 Å². The zero-order valence-corrected chi connectivity index (χ0v) is 14.9. The zero-order valence-electron chi connectivity index (χ0n) is 10.4. The van der Waals surface area contributed by atoms with E-state index in [1.165, 1.54) is 6.07 Å². The molecule has 0 radical (unpaired) electrons. The van der Waals surface area contributed by atoms with Crippen molar-refractivity contribution >= 4 is 61.2 Å². The van der Waals surface area contributed by atoms with Gasteiger partial charge in [-0.2, -0.15) is 0 Å². The lowest BCUT2D eigenvalue weighted by molar-refractivity contribution is 0.573. The highest BCUT2D eigenvalue weighted by Crippen LogP contribution is 2.29. The molecular formula is C14H7BrClF2IN2. The second kappa shape index (κ2) is 5.81. The van der Waals surface area contributed by atoms with Gasteiger partial charge in [0.1, 0.15) is 17.5 Å². The highest BCUT2D eigenvalue weighted by atomic mass is 127. The van der Waals surface area contributed by atoms with Crippen molar-refractivity contribution in [3.63, 3.8) is 0 Å². The number of rotatable bonds is 2. The molecule has 0 unspecified atom stereocenters. The third-order valence-corrected chi connectivity index (χ3v) is 4.55. The van der Waals surface area contributed by atoms with Crippen LogP contribution in [-0.2, 0) is 5.88 Å². The normalized spacial score (nSPS) is 11.3. The number of aromatic nitrogens is 2. The van der Waals surface area contributed by atoms with Crippen molar-refractivity contribution in [1.82, 2.24) is 9.55 Å². The van der Waals surface area contributed by atoms with Crippen LogP contribution >= 0.6 is 50.1 Å². The minimum Gasteiger partial charge on any atom is -0.292 e. The summed E-state index contributed by atoms with van der Waals surface area (Å²) >= 11 is 11.2. The zero-order chi connectivity index (χ0) is 15.1. The smallest absolute Gasteiger partial charge is 0.150 e. The van der Waals surface area contributed by atoms with Crippen molar-refractivity contribution in [1.29, 1.82) is 0 Å². The molecule has 3 rings (SSSR count). The van der Waals surface area contributed by atoms with Gasteiger partial charge in [0, 0.05) is 9.64 Å². The molecule has 0 atom stereocenters. The number of imidazole rings is 1. The van der Waals surface area contributed by atoms with Gasteiger partial charge in [-0.05, 0) is 62.8 Å². The summed E-state index contributed by atoms with van der Waals surface area (Å²) in [7, 11) is 0. The molecule has 1 heterocycles. The maximum atomic E-state index is 14.2. The summed E-state index contributed by atoms with van der Waals surface area (Å²) in [5, 5.41) is 0. The Morgan fingerprint density at radius 1 is 1.19 bits per heavy atom. The molecule has 1 aromatic heterocycles. The van der Waals surface area contributed by atoms with Crippen molar-refractivity contribution in [2.45, 2.75) is 5.88 Å². The average molecular weight is 483 g/mol. The van der Waals surface area contributed by atoms with Crippen molar-refractivity contribution in [2.75, 3.05) is 0 Å². The average Bonchev–Trinajstić information content (AvgIpc) is 2.80. The maximum Gasteiger partial charge on any atom is 0.150 e. The molecule has 0 spiro atoms. The highest BCUT2D eigenvalue weighted by molar-refractivity contribution is 14.1. The van der Waals surface area contributed by atoms with E-state index in [2.05, 4.69) is 43.5 Å². The predicted molar refractivity (Wildman–Crippen MR) is 91.0 cm³/mol. The lowest BCUT2D eigenvalue weighted by atomic mass is 10.2. The van der Waals surface area contributed by atoms with Crippen molar-refractivity contribution in [2.24, 2.45) is 0 Å². The van der Waals surface area contributed by atoms with Gasteiger partial charge >= 0.3 is 0 Å². The molecule has 0 bridgehead atoms. The predicted octanol–water partition coefficient (Wildman–Crippen LogP) is 5.41. The highest BCUT2D eigenvalue weighted by Gasteiger charge is 2.17. The summed E-state index contributed by atoms with van der Waals surface area (Å²) < 4.78 is 30.4. The minimum atomic E-state index is -0.667. The van der Waals surface area contributed by atoms with E-state index in [1.54, 1.807) is 4.57 Å². The molecule has 0 amide bonds. The SMILES string of the molecule is Fc1cc(F)c(-n2c(CCl)nc3cc(I)ccc32)cc1Br. The van der Waals surface area contributed by atoms with Crippen LogP contribution in [0, 0.1) is 15.2 Å². The van der Waals surface area contributed by atoms with E-state index in [0.717, 1.165) is 20.7 Å². The number of nitrogens with zero attached hydrogens (tertiary/aromatic N) is 2. The van der Waals surface area contributed by atoms with E-state index >= 15 is 0 Å². The second-order valence-electron chi connectivity index (χ2n) is 4.35. The molecule has 2 nitrogen and oxygen atoms in total. The van der Waals surface area contributed by atoms with Gasteiger partial charge in [0.2, 0.25) is 0 Å². The molecule has 0 fully saturated rings. The molecule has 0 aliphatic heterocycles. The number of hydrogen-bond donors (Lipinski definition) is 0. The van der Waals surface area contributed by atoms with Crippen molar-refractivity contribution in [3.8, 4) is 5.69 Å². The number of halogens is 5. The summed E-state index contributed by atoms with van der Waals surface area (Å²) in [5.41, 5.74) is 1.66. The van der Waals surface area contributed by atoms with E-state index in [1.807, 2.05) is 18.2 Å². The monoisotopic (exact) mass is 482 g/mol. The van der Waals surface area contributed by atoms with Crippen LogP contribution in [0.15, 0.2) is 34.8 Å². The van der Waals surface area contributed by atoms with Crippen LogP contribution in [-0.4, -0.2) is 9.55 Å². The van der Waals surface area contributed by atoms with Gasteiger partial charge < -0.3 is 0 Å². The minimum absolute atomic E-state index is 0.125. The summed E-state index contributed by atoms with van der Waals surface area (Å²) in [5.74, 6) is -0.687. The molecule has 0 N–H and O–H groups in total. The van der Waals surface area contributed by atoms with E-state index in [4.69, 9.17) is 11.6 Å². The van der Waals surface area contributed by atoms with Crippen molar-refractivity contribution < 1.29 is 8.78 Å². The fraction of sp³-hybridized carbons (Fsp3) is 0.0714. The molecule has 7 heteroatoms. The maximum absolute atomic E-state index is 14.2. The Morgan fingerprint density at radius 3 is 2.67 bits per heavy atom. The Bertz CT molecular complexity index is 851. The third kappa shape index (κ3) is 2.68. The van der Waals surface area contributed by atoms with Crippen LogP contribution in [0.1, 0.15) is 5.82 Å². The molecule has 0 aliphatic carbocycles. The Balaban J connectivity index is 2.36. The van der Waals surface area contributed by atoms with Gasteiger partial charge in [0.15, 0.2) is 0 Å². The number of hydrogen-bond acceptors (Lipinski definition) is 1. The molecule has 108 valence electrons. The summed E-state index contributed by atoms with van der Waals surface area (Å²) in [6, 6.07) is 7.86. The van der Waals surface area contributed by atoms with Gasteiger partial charge in [0.25, 0.3) is 0 Å². The largest absolute Gasteiger partial charge is 0.292 e. The molecule has 0 saturated heterocycles. The first kappa shape index (κ1) is 15.2. The topological polar surface area (TPSA) is 17.8 Å². The van der Waals surface area contributed by atoms with Gasteiger partial charge in [-0.25, -0.2) is 13.8 Å². The Labute approximate surface area is 146 Å². The van der Waals surface area contributed by atoms with E-state index in [0.29, 0.717) is 5.82 Å². The molecule has 3 aromatic rings. The molecular weight excluding hydrogens is 476 g/mol. The lowest BCUT2D eigenvalue weighted by Crippen LogP contribution is -2.03. The van der Waals surface area contributed by atoms with Gasteiger partial charge in [-0.1, -0.05) is 0 Å². The summed E-state index contributed by atoms with van der Waals surface area (Å²) in [4.78, 5) is 4.41. The molecule has 0 aliphatic rings. The van der Waals surface area contributed by atoms with E-state index in [9.17, 15) is 8.78 Å². The van der Waals surface area contributed by atoms with E-state index in [-0.39, 0.29) is 16.0 Å². The number of alkyl halides is 1. The molecule has 21 heavy (non-hydrogen) atoms. The first-order valence-corrected chi connectivity index (χ1v) is 8.29. The lowest BCUT2D eigenvalue weighted by Gasteiger charge is -2.10. The second-order valence-corrected chi connectivity index (χ2v) is 6.72. The Kier molecular flexibility index (Phi) is 4.20. The van der Waals surface area contributed by atoms with Crippen LogP contribution in [0.5, 0.6) is 0 Å². The quantitative estimate of drug-likeness (QED) is 0.271. The number of fused-ring (bicyclic) bond motifs is 1.